The molecular weight excluding hydrogens is 316 g/mol. The normalized spacial score (nSPS) is 13.3. The van der Waals surface area contributed by atoms with Crippen molar-refractivity contribution in [3.8, 4) is 0 Å². The molecule has 0 amide bonds. The Morgan fingerprint density at radius 1 is 1.40 bits per heavy atom. The average Bonchev–Trinajstić information content (AvgIpc) is 2.92. The van der Waals surface area contributed by atoms with Crippen LogP contribution in [0.2, 0.25) is 5.15 Å². The quantitative estimate of drug-likeness (QED) is 0.823. The van der Waals surface area contributed by atoms with E-state index in [9.17, 15) is 8.42 Å². The minimum Gasteiger partial charge on any atom is -0.243 e. The lowest BCUT2D eigenvalue weighted by molar-refractivity contribution is 0.540. The monoisotopic (exact) mass is 330 g/mol. The van der Waals surface area contributed by atoms with E-state index in [0.29, 0.717) is 0 Å². The number of sulfonamides is 1. The molecule has 0 saturated carbocycles. The third kappa shape index (κ3) is 3.79. The molecule has 20 heavy (non-hydrogen) atoms. The fraction of sp³-hybridized carbons (Fsp3) is 0.308. The maximum absolute atomic E-state index is 12.3. The van der Waals surface area contributed by atoms with Gasteiger partial charge in [-0.3, -0.25) is 0 Å². The lowest BCUT2D eigenvalue weighted by Gasteiger charge is -2.16. The number of rotatable bonds is 6. The highest BCUT2D eigenvalue weighted by molar-refractivity contribution is 7.89. The molecule has 0 saturated heterocycles. The molecule has 1 atom stereocenters. The minimum atomic E-state index is -3.59. The highest BCUT2D eigenvalue weighted by Crippen LogP contribution is 2.25. The molecule has 0 spiro atoms. The van der Waals surface area contributed by atoms with Crippen LogP contribution in [-0.2, 0) is 10.0 Å². The van der Waals surface area contributed by atoms with Gasteiger partial charge in [0.2, 0.25) is 10.0 Å². The van der Waals surface area contributed by atoms with Gasteiger partial charge in [0, 0.05) is 11.1 Å². The highest BCUT2D eigenvalue weighted by Gasteiger charge is 2.21. The molecule has 1 unspecified atom stereocenters. The second-order valence-electron chi connectivity index (χ2n) is 4.29. The van der Waals surface area contributed by atoms with Gasteiger partial charge in [-0.2, -0.15) is 0 Å². The van der Waals surface area contributed by atoms with Crippen molar-refractivity contribution in [2.75, 3.05) is 0 Å². The molecule has 2 aromatic heterocycles. The van der Waals surface area contributed by atoms with E-state index in [2.05, 4.69) is 9.71 Å². The van der Waals surface area contributed by atoms with Crippen LogP contribution >= 0.6 is 22.9 Å². The molecule has 2 rings (SSSR count). The van der Waals surface area contributed by atoms with E-state index in [4.69, 9.17) is 11.6 Å². The summed E-state index contributed by atoms with van der Waals surface area (Å²) in [6, 6.07) is 6.57. The van der Waals surface area contributed by atoms with Crippen LogP contribution in [0.1, 0.15) is 30.7 Å². The fourth-order valence-electron chi connectivity index (χ4n) is 1.81. The second-order valence-corrected chi connectivity index (χ2v) is 7.38. The maximum atomic E-state index is 12.3. The number of hydrogen-bond acceptors (Lipinski definition) is 4. The maximum Gasteiger partial charge on any atom is 0.242 e. The average molecular weight is 331 g/mol. The fourth-order valence-corrected chi connectivity index (χ4v) is 4.01. The van der Waals surface area contributed by atoms with E-state index in [1.54, 1.807) is 11.3 Å². The standard InChI is InChI=1S/C13H15ClN2O2S2/c1-2-4-11(12-5-3-8-19-12)16-20(17,18)10-6-7-13(14)15-9-10/h3,5-9,11,16H,2,4H2,1H3. The predicted molar refractivity (Wildman–Crippen MR) is 81.5 cm³/mol. The summed E-state index contributed by atoms with van der Waals surface area (Å²) in [6.07, 6.45) is 2.91. The van der Waals surface area contributed by atoms with E-state index in [0.717, 1.165) is 17.7 Å². The summed E-state index contributed by atoms with van der Waals surface area (Å²) in [4.78, 5) is 4.95. The number of nitrogens with one attached hydrogen (secondary N) is 1. The summed E-state index contributed by atoms with van der Waals surface area (Å²) < 4.78 is 27.4. The summed E-state index contributed by atoms with van der Waals surface area (Å²) in [5.41, 5.74) is 0. The van der Waals surface area contributed by atoms with Crippen molar-refractivity contribution in [1.82, 2.24) is 9.71 Å². The van der Waals surface area contributed by atoms with Crippen LogP contribution in [0.4, 0.5) is 0 Å². The van der Waals surface area contributed by atoms with E-state index in [1.165, 1.54) is 18.3 Å². The zero-order chi connectivity index (χ0) is 14.6. The Hall–Kier alpha value is -0.950. The number of hydrogen-bond donors (Lipinski definition) is 1. The first kappa shape index (κ1) is 15.4. The van der Waals surface area contributed by atoms with Crippen LogP contribution in [-0.4, -0.2) is 13.4 Å². The van der Waals surface area contributed by atoms with Gasteiger partial charge in [0.25, 0.3) is 0 Å². The minimum absolute atomic E-state index is 0.125. The van der Waals surface area contributed by atoms with Gasteiger partial charge in [0.15, 0.2) is 0 Å². The molecule has 0 aliphatic carbocycles. The lowest BCUT2D eigenvalue weighted by Crippen LogP contribution is -2.28. The van der Waals surface area contributed by atoms with Crippen molar-refractivity contribution in [2.24, 2.45) is 0 Å². The molecule has 4 nitrogen and oxygen atoms in total. The van der Waals surface area contributed by atoms with Crippen LogP contribution in [0.15, 0.2) is 40.7 Å². The van der Waals surface area contributed by atoms with Gasteiger partial charge in [-0.05, 0) is 30.0 Å². The first-order valence-corrected chi connectivity index (χ1v) is 8.94. The molecule has 0 bridgehead atoms. The van der Waals surface area contributed by atoms with Gasteiger partial charge in [-0.1, -0.05) is 31.0 Å². The number of aromatic nitrogens is 1. The summed E-state index contributed by atoms with van der Waals surface area (Å²) in [5, 5.41) is 2.21. The summed E-state index contributed by atoms with van der Waals surface area (Å²) >= 11 is 7.22. The highest BCUT2D eigenvalue weighted by atomic mass is 35.5. The van der Waals surface area contributed by atoms with Gasteiger partial charge >= 0.3 is 0 Å². The number of nitrogens with zero attached hydrogens (tertiary/aromatic N) is 1. The molecule has 0 fully saturated rings. The molecule has 0 aromatic carbocycles. The number of halogens is 1. The molecule has 7 heteroatoms. The van der Waals surface area contributed by atoms with E-state index in [-0.39, 0.29) is 16.1 Å². The molecule has 0 aliphatic rings. The van der Waals surface area contributed by atoms with E-state index in [1.807, 2.05) is 24.4 Å². The van der Waals surface area contributed by atoms with Gasteiger partial charge < -0.3 is 0 Å². The third-order valence-corrected chi connectivity index (χ3v) is 5.44. The Bertz CT molecular complexity index is 640. The molecule has 1 N–H and O–H groups in total. The van der Waals surface area contributed by atoms with Crippen LogP contribution in [0.25, 0.3) is 0 Å². The number of pyridine rings is 1. The summed E-state index contributed by atoms with van der Waals surface area (Å²) in [6.45, 7) is 2.03. The van der Waals surface area contributed by atoms with Crippen LogP contribution in [0.5, 0.6) is 0 Å². The first-order valence-electron chi connectivity index (χ1n) is 6.20. The zero-order valence-electron chi connectivity index (χ0n) is 10.9. The van der Waals surface area contributed by atoms with E-state index < -0.39 is 10.0 Å². The molecule has 2 aromatic rings. The Labute approximate surface area is 127 Å². The van der Waals surface area contributed by atoms with Crippen molar-refractivity contribution >= 4 is 33.0 Å². The van der Waals surface area contributed by atoms with Gasteiger partial charge in [-0.25, -0.2) is 18.1 Å². The predicted octanol–water partition coefficient (Wildman–Crippen LogP) is 3.62. The van der Waals surface area contributed by atoms with Crippen molar-refractivity contribution in [3.05, 3.63) is 45.9 Å². The lowest BCUT2D eigenvalue weighted by atomic mass is 10.1. The topological polar surface area (TPSA) is 59.1 Å². The Morgan fingerprint density at radius 3 is 2.75 bits per heavy atom. The second kappa shape index (κ2) is 6.67. The van der Waals surface area contributed by atoms with Crippen LogP contribution in [0, 0.1) is 0 Å². The molecule has 0 aliphatic heterocycles. The van der Waals surface area contributed by atoms with Crippen LogP contribution in [0.3, 0.4) is 0 Å². The summed E-state index contributed by atoms with van der Waals surface area (Å²) in [5.74, 6) is 0. The van der Waals surface area contributed by atoms with Gasteiger partial charge in [0.05, 0.1) is 6.04 Å². The van der Waals surface area contributed by atoms with Crippen LogP contribution < -0.4 is 4.72 Å². The van der Waals surface area contributed by atoms with Crippen molar-refractivity contribution < 1.29 is 8.42 Å². The Balaban J connectivity index is 2.23. The summed E-state index contributed by atoms with van der Waals surface area (Å²) in [7, 11) is -3.59. The Morgan fingerprint density at radius 2 is 2.20 bits per heavy atom. The first-order chi connectivity index (χ1) is 9.53. The SMILES string of the molecule is CCCC(NS(=O)(=O)c1ccc(Cl)nc1)c1cccs1. The third-order valence-electron chi connectivity index (χ3n) is 2.77. The van der Waals surface area contributed by atoms with E-state index >= 15 is 0 Å². The van der Waals surface area contributed by atoms with Crippen molar-refractivity contribution in [2.45, 2.75) is 30.7 Å². The van der Waals surface area contributed by atoms with Crippen molar-refractivity contribution in [1.29, 1.82) is 0 Å². The smallest absolute Gasteiger partial charge is 0.242 e. The zero-order valence-corrected chi connectivity index (χ0v) is 13.3. The molecular formula is C13H15ClN2O2S2. The van der Waals surface area contributed by atoms with Gasteiger partial charge in [0.1, 0.15) is 10.0 Å². The van der Waals surface area contributed by atoms with Gasteiger partial charge in [-0.15, -0.1) is 11.3 Å². The largest absolute Gasteiger partial charge is 0.243 e. The van der Waals surface area contributed by atoms with Crippen molar-refractivity contribution in [3.63, 3.8) is 0 Å². The number of thiophene rings is 1. The Kier molecular flexibility index (Phi) is 5.15. The molecule has 0 radical (unpaired) electrons. The molecule has 108 valence electrons. The molecule has 2 heterocycles.